The average molecular weight is 396 g/mol. The molecule has 0 saturated carbocycles. The lowest BCUT2D eigenvalue weighted by atomic mass is 10.1. The summed E-state index contributed by atoms with van der Waals surface area (Å²) in [5.41, 5.74) is 2.98. The molecule has 126 valence electrons. The molecule has 0 unspecified atom stereocenters. The molecule has 0 N–H and O–H groups in total. The van der Waals surface area contributed by atoms with Gasteiger partial charge in [0.05, 0.1) is 17.6 Å². The van der Waals surface area contributed by atoms with E-state index in [9.17, 15) is 4.79 Å². The standard InChI is InChI=1S/C20H18BrN3O/c1-14(21)12-24-18-10-6-5-9-17(18)22-20(24)15-11-19(25)23(13-15)16-7-3-2-4-8-16/h2-10,15H,1,11-13H2/t15-/m0/s1. The summed E-state index contributed by atoms with van der Waals surface area (Å²) in [6.07, 6.45) is 0.479. The van der Waals surface area contributed by atoms with E-state index in [-0.39, 0.29) is 11.8 Å². The van der Waals surface area contributed by atoms with Crippen LogP contribution in [0.1, 0.15) is 18.2 Å². The zero-order valence-electron chi connectivity index (χ0n) is 13.7. The minimum absolute atomic E-state index is 0.0759. The summed E-state index contributed by atoms with van der Waals surface area (Å²) in [6, 6.07) is 17.9. The molecule has 1 saturated heterocycles. The van der Waals surface area contributed by atoms with E-state index in [4.69, 9.17) is 4.98 Å². The Labute approximate surface area is 154 Å². The molecule has 4 rings (SSSR count). The second-order valence-electron chi connectivity index (χ2n) is 6.30. The number of para-hydroxylation sites is 3. The number of imidazole rings is 1. The molecule has 0 aliphatic carbocycles. The van der Waals surface area contributed by atoms with Crippen molar-refractivity contribution < 1.29 is 4.79 Å². The molecule has 1 aliphatic rings. The molecule has 3 aromatic rings. The number of rotatable bonds is 4. The number of hydrogen-bond donors (Lipinski definition) is 0. The summed E-state index contributed by atoms with van der Waals surface area (Å²) in [6.45, 7) is 5.27. The summed E-state index contributed by atoms with van der Waals surface area (Å²) < 4.78 is 3.06. The SMILES string of the molecule is C=C(Br)Cn1c([C@H]2CC(=O)N(c3ccccc3)C2)nc2ccccc21. The van der Waals surface area contributed by atoms with Crippen LogP contribution in [0.15, 0.2) is 65.7 Å². The lowest BCUT2D eigenvalue weighted by molar-refractivity contribution is -0.117. The van der Waals surface area contributed by atoms with Crippen molar-refractivity contribution >= 4 is 38.6 Å². The van der Waals surface area contributed by atoms with Crippen LogP contribution in [0.4, 0.5) is 5.69 Å². The minimum Gasteiger partial charge on any atom is -0.323 e. The molecule has 5 heteroatoms. The monoisotopic (exact) mass is 395 g/mol. The molecule has 0 radical (unpaired) electrons. The van der Waals surface area contributed by atoms with E-state index in [2.05, 4.69) is 33.1 Å². The third kappa shape index (κ3) is 3.00. The van der Waals surface area contributed by atoms with Crippen molar-refractivity contribution in [2.45, 2.75) is 18.9 Å². The van der Waals surface area contributed by atoms with Crippen LogP contribution in [0.25, 0.3) is 11.0 Å². The van der Waals surface area contributed by atoms with Crippen LogP contribution in [0.2, 0.25) is 0 Å². The molecule has 1 aliphatic heterocycles. The van der Waals surface area contributed by atoms with Crippen LogP contribution in [0.3, 0.4) is 0 Å². The van der Waals surface area contributed by atoms with Gasteiger partial charge in [0.2, 0.25) is 5.91 Å². The average Bonchev–Trinajstić information content (AvgIpc) is 3.16. The van der Waals surface area contributed by atoms with Gasteiger partial charge in [-0.05, 0) is 24.3 Å². The van der Waals surface area contributed by atoms with Gasteiger partial charge in [-0.25, -0.2) is 4.98 Å². The van der Waals surface area contributed by atoms with Gasteiger partial charge in [-0.3, -0.25) is 4.79 Å². The number of halogens is 1. The van der Waals surface area contributed by atoms with Crippen LogP contribution in [-0.4, -0.2) is 22.0 Å². The van der Waals surface area contributed by atoms with Crippen LogP contribution in [0, 0.1) is 0 Å². The predicted octanol–water partition coefficient (Wildman–Crippen LogP) is 4.47. The molecule has 2 heterocycles. The van der Waals surface area contributed by atoms with Crippen LogP contribution < -0.4 is 4.90 Å². The molecule has 1 aromatic heterocycles. The summed E-state index contributed by atoms with van der Waals surface area (Å²) in [5, 5.41) is 0. The maximum Gasteiger partial charge on any atom is 0.227 e. The Morgan fingerprint density at radius 3 is 2.64 bits per heavy atom. The van der Waals surface area contributed by atoms with Crippen LogP contribution >= 0.6 is 15.9 Å². The summed E-state index contributed by atoms with van der Waals surface area (Å²) >= 11 is 3.46. The molecule has 1 amide bonds. The topological polar surface area (TPSA) is 38.1 Å². The molecule has 1 fully saturated rings. The van der Waals surface area contributed by atoms with E-state index in [0.29, 0.717) is 19.5 Å². The molecule has 4 nitrogen and oxygen atoms in total. The van der Waals surface area contributed by atoms with Crippen LogP contribution in [0.5, 0.6) is 0 Å². The maximum atomic E-state index is 12.6. The Morgan fingerprint density at radius 1 is 1.16 bits per heavy atom. The third-order valence-electron chi connectivity index (χ3n) is 4.57. The number of hydrogen-bond acceptors (Lipinski definition) is 2. The zero-order valence-corrected chi connectivity index (χ0v) is 15.3. The lowest BCUT2D eigenvalue weighted by Gasteiger charge is -2.17. The Hall–Kier alpha value is -2.40. The first kappa shape index (κ1) is 16.1. The van der Waals surface area contributed by atoms with Crippen molar-refractivity contribution in [2.75, 3.05) is 11.4 Å². The van der Waals surface area contributed by atoms with Crippen molar-refractivity contribution in [2.24, 2.45) is 0 Å². The molecule has 25 heavy (non-hydrogen) atoms. The summed E-state index contributed by atoms with van der Waals surface area (Å²) in [4.78, 5) is 19.3. The summed E-state index contributed by atoms with van der Waals surface area (Å²) in [7, 11) is 0. The largest absolute Gasteiger partial charge is 0.323 e. The molecule has 2 aromatic carbocycles. The number of aromatic nitrogens is 2. The predicted molar refractivity (Wildman–Crippen MR) is 104 cm³/mol. The van der Waals surface area contributed by atoms with Crippen molar-refractivity contribution in [1.82, 2.24) is 9.55 Å². The van der Waals surface area contributed by atoms with Gasteiger partial charge >= 0.3 is 0 Å². The Morgan fingerprint density at radius 2 is 1.88 bits per heavy atom. The number of carbonyl (C=O) groups excluding carboxylic acids is 1. The molecular formula is C20H18BrN3O. The quantitative estimate of drug-likeness (QED) is 0.653. The first-order valence-corrected chi connectivity index (χ1v) is 9.06. The third-order valence-corrected chi connectivity index (χ3v) is 4.82. The number of anilines is 1. The highest BCUT2D eigenvalue weighted by atomic mass is 79.9. The first-order valence-electron chi connectivity index (χ1n) is 8.27. The van der Waals surface area contributed by atoms with Gasteiger partial charge in [0, 0.05) is 29.1 Å². The first-order chi connectivity index (χ1) is 12.1. The number of carbonyl (C=O) groups is 1. The van der Waals surface area contributed by atoms with E-state index in [0.717, 1.165) is 27.0 Å². The Kier molecular flexibility index (Phi) is 4.17. The molecule has 0 spiro atoms. The van der Waals surface area contributed by atoms with Crippen molar-refractivity contribution in [3.8, 4) is 0 Å². The number of allylic oxidation sites excluding steroid dienone is 1. The normalized spacial score (nSPS) is 17.4. The number of nitrogens with zero attached hydrogens (tertiary/aromatic N) is 3. The minimum atomic E-state index is 0.0759. The van der Waals surface area contributed by atoms with E-state index in [1.165, 1.54) is 0 Å². The Bertz CT molecular complexity index is 948. The van der Waals surface area contributed by atoms with Gasteiger partial charge in [0.15, 0.2) is 0 Å². The second-order valence-corrected chi connectivity index (χ2v) is 7.42. The van der Waals surface area contributed by atoms with E-state index in [1.807, 2.05) is 53.4 Å². The summed E-state index contributed by atoms with van der Waals surface area (Å²) in [5.74, 6) is 1.17. The van der Waals surface area contributed by atoms with Gasteiger partial charge in [0.1, 0.15) is 5.82 Å². The maximum absolute atomic E-state index is 12.6. The number of fused-ring (bicyclic) bond motifs is 1. The van der Waals surface area contributed by atoms with Gasteiger partial charge in [-0.2, -0.15) is 0 Å². The fourth-order valence-corrected chi connectivity index (χ4v) is 3.73. The van der Waals surface area contributed by atoms with Crippen molar-refractivity contribution in [3.05, 3.63) is 71.5 Å². The highest BCUT2D eigenvalue weighted by Crippen LogP contribution is 2.33. The lowest BCUT2D eigenvalue weighted by Crippen LogP contribution is -2.24. The zero-order chi connectivity index (χ0) is 17.4. The molecular weight excluding hydrogens is 378 g/mol. The van der Waals surface area contributed by atoms with E-state index >= 15 is 0 Å². The van der Waals surface area contributed by atoms with E-state index in [1.54, 1.807) is 0 Å². The molecule has 1 atom stereocenters. The van der Waals surface area contributed by atoms with Gasteiger partial charge in [-0.15, -0.1) is 0 Å². The second kappa shape index (κ2) is 6.48. The van der Waals surface area contributed by atoms with Gasteiger partial charge in [0.25, 0.3) is 0 Å². The smallest absolute Gasteiger partial charge is 0.227 e. The van der Waals surface area contributed by atoms with Crippen molar-refractivity contribution in [3.63, 3.8) is 0 Å². The fraction of sp³-hybridized carbons (Fsp3) is 0.200. The highest BCUT2D eigenvalue weighted by Gasteiger charge is 2.34. The van der Waals surface area contributed by atoms with Gasteiger partial charge in [-0.1, -0.05) is 52.8 Å². The van der Waals surface area contributed by atoms with Gasteiger partial charge < -0.3 is 9.47 Å². The number of amides is 1. The highest BCUT2D eigenvalue weighted by molar-refractivity contribution is 9.11. The Balaban J connectivity index is 1.73. The number of benzene rings is 2. The van der Waals surface area contributed by atoms with E-state index < -0.39 is 0 Å². The van der Waals surface area contributed by atoms with Crippen molar-refractivity contribution in [1.29, 1.82) is 0 Å². The molecule has 0 bridgehead atoms. The van der Waals surface area contributed by atoms with Crippen LogP contribution in [-0.2, 0) is 11.3 Å². The fourth-order valence-electron chi connectivity index (χ4n) is 3.48.